The minimum Gasteiger partial charge on any atom is -0.355 e. The number of aromatic amines is 2. The maximum atomic E-state index is 5.47. The van der Waals surface area contributed by atoms with Crippen LogP contribution >= 0.6 is 0 Å². The molecule has 0 saturated heterocycles. The summed E-state index contributed by atoms with van der Waals surface area (Å²) in [6.07, 6.45) is 8.04. The Hall–Kier alpha value is -7.98. The summed E-state index contributed by atoms with van der Waals surface area (Å²) in [5, 5.41) is 3.45. The lowest BCUT2D eigenvalue weighted by Crippen LogP contribution is -1.97. The summed E-state index contributed by atoms with van der Waals surface area (Å²) in [5.41, 5.74) is 16.4. The highest BCUT2D eigenvalue weighted by Gasteiger charge is 2.19. The van der Waals surface area contributed by atoms with Crippen molar-refractivity contribution >= 4 is 134 Å². The van der Waals surface area contributed by atoms with Crippen LogP contribution in [0.25, 0.3) is 134 Å². The van der Waals surface area contributed by atoms with E-state index < -0.39 is 0 Å². The van der Waals surface area contributed by atoms with Crippen LogP contribution in [0.15, 0.2) is 109 Å². The minimum atomic E-state index is 0.744. The van der Waals surface area contributed by atoms with Gasteiger partial charge in [-0.05, 0) is 133 Å². The Balaban J connectivity index is 1.19. The number of H-pyrrole nitrogens is 2. The first-order valence-electron chi connectivity index (χ1n) is 18.3. The van der Waals surface area contributed by atoms with Crippen LogP contribution < -0.4 is 0 Å². The molecule has 2 aliphatic heterocycles. The van der Waals surface area contributed by atoms with E-state index in [9.17, 15) is 0 Å². The number of hydrogen-bond acceptors (Lipinski definition) is 8. The first-order chi connectivity index (χ1) is 27.6. The summed E-state index contributed by atoms with van der Waals surface area (Å²) >= 11 is 0. The number of fused-ring (bicyclic) bond motifs is 18. The Labute approximate surface area is 315 Å². The maximum Gasteiger partial charge on any atom is 0.0996 e. The molecule has 0 unspecified atom stereocenters. The highest BCUT2D eigenvalue weighted by molar-refractivity contribution is 6.27. The lowest BCUT2D eigenvalue weighted by Gasteiger charge is -2.12. The molecule has 13 rings (SSSR count). The van der Waals surface area contributed by atoms with Gasteiger partial charge in [0.05, 0.1) is 89.0 Å². The van der Waals surface area contributed by atoms with Crippen molar-refractivity contribution in [1.29, 1.82) is 0 Å². The molecular formula is C46H24N10. The van der Waals surface area contributed by atoms with Gasteiger partial charge in [-0.2, -0.15) is 0 Å². The van der Waals surface area contributed by atoms with Gasteiger partial charge in [0.2, 0.25) is 0 Å². The monoisotopic (exact) mass is 716 g/mol. The van der Waals surface area contributed by atoms with Crippen LogP contribution in [-0.4, -0.2) is 49.8 Å². The van der Waals surface area contributed by atoms with E-state index in [0.717, 1.165) is 133 Å². The lowest BCUT2D eigenvalue weighted by atomic mass is 10.0. The van der Waals surface area contributed by atoms with E-state index in [1.807, 2.05) is 109 Å². The van der Waals surface area contributed by atoms with Crippen molar-refractivity contribution in [3.05, 3.63) is 132 Å². The summed E-state index contributed by atoms with van der Waals surface area (Å²) < 4.78 is 0. The molecule has 2 aromatic carbocycles. The predicted molar refractivity (Wildman–Crippen MR) is 226 cm³/mol. The van der Waals surface area contributed by atoms with E-state index in [2.05, 4.69) is 34.2 Å². The van der Waals surface area contributed by atoms with Gasteiger partial charge in [0.1, 0.15) is 0 Å². The molecule has 0 aliphatic carbocycles. The number of rotatable bonds is 0. The second-order valence-corrected chi connectivity index (χ2v) is 14.3. The van der Waals surface area contributed by atoms with E-state index in [-0.39, 0.29) is 0 Å². The Morgan fingerprint density at radius 1 is 0.250 bits per heavy atom. The first-order valence-corrected chi connectivity index (χ1v) is 18.3. The maximum absolute atomic E-state index is 5.47. The van der Waals surface area contributed by atoms with E-state index in [1.54, 1.807) is 0 Å². The third-order valence-electron chi connectivity index (χ3n) is 10.7. The molecule has 9 aromatic heterocycles. The zero-order chi connectivity index (χ0) is 36.5. The quantitative estimate of drug-likeness (QED) is 0.117. The second-order valence-electron chi connectivity index (χ2n) is 14.3. The number of pyridine rings is 4. The van der Waals surface area contributed by atoms with Crippen molar-refractivity contribution in [2.24, 2.45) is 0 Å². The molecule has 10 nitrogen and oxygen atoms in total. The Bertz CT molecular complexity index is 3590. The Morgan fingerprint density at radius 3 is 0.893 bits per heavy atom. The van der Waals surface area contributed by atoms with E-state index in [4.69, 9.17) is 39.9 Å². The van der Waals surface area contributed by atoms with E-state index >= 15 is 0 Å². The zero-order valence-corrected chi connectivity index (χ0v) is 29.3. The minimum absolute atomic E-state index is 0.744. The number of nitrogens with zero attached hydrogens (tertiary/aromatic N) is 8. The fourth-order valence-corrected chi connectivity index (χ4v) is 8.14. The van der Waals surface area contributed by atoms with Crippen LogP contribution in [-0.2, 0) is 0 Å². The normalized spacial score (nSPS) is 12.9. The molecule has 56 heavy (non-hydrogen) atoms. The summed E-state index contributed by atoms with van der Waals surface area (Å²) in [6, 6.07) is 36.7. The molecule has 0 radical (unpaired) electrons. The van der Waals surface area contributed by atoms with Crippen molar-refractivity contribution in [1.82, 2.24) is 49.8 Å². The Kier molecular flexibility index (Phi) is 5.68. The van der Waals surface area contributed by atoms with Gasteiger partial charge in [-0.3, -0.25) is 0 Å². The number of hydrogen-bond donors (Lipinski definition) is 2. The molecule has 0 fully saturated rings. The molecule has 258 valence electrons. The number of benzene rings is 2. The molecule has 0 spiro atoms. The standard InChI is InChI=1S/C46H24N10/c1-5-27-19-31-9-13-35-39(51-31)40-36(14-10-32(52-40)20-28-6-2-24(48-28)17-23(1)47-27)44-43(35)55-45-37-15-11-33-21-29-7-3-25(49-29)18-26-4-8-30(50-26)22-34-12-16-38(46(45)56-44)42(54-34)41(37)53-33/h1-22,47,50H. The van der Waals surface area contributed by atoms with Crippen LogP contribution in [0, 0.1) is 0 Å². The van der Waals surface area contributed by atoms with Crippen LogP contribution in [0.2, 0.25) is 0 Å². The lowest BCUT2D eigenvalue weighted by molar-refractivity contribution is 1.32. The summed E-state index contributed by atoms with van der Waals surface area (Å²) in [7, 11) is 0. The van der Waals surface area contributed by atoms with Gasteiger partial charge < -0.3 is 9.97 Å². The van der Waals surface area contributed by atoms with Gasteiger partial charge in [0.15, 0.2) is 0 Å². The van der Waals surface area contributed by atoms with Crippen LogP contribution in [0.5, 0.6) is 0 Å². The van der Waals surface area contributed by atoms with Gasteiger partial charge in [0, 0.05) is 43.6 Å². The number of aromatic nitrogens is 10. The van der Waals surface area contributed by atoms with Gasteiger partial charge >= 0.3 is 0 Å². The molecule has 11 heterocycles. The molecule has 16 bridgehead atoms. The van der Waals surface area contributed by atoms with Crippen molar-refractivity contribution in [3.8, 4) is 0 Å². The fourth-order valence-electron chi connectivity index (χ4n) is 8.14. The van der Waals surface area contributed by atoms with Crippen LogP contribution in [0.3, 0.4) is 0 Å². The van der Waals surface area contributed by atoms with Gasteiger partial charge in [-0.15, -0.1) is 0 Å². The van der Waals surface area contributed by atoms with Gasteiger partial charge in [0.25, 0.3) is 0 Å². The first kappa shape index (κ1) is 29.5. The molecule has 0 atom stereocenters. The molecule has 2 aliphatic rings. The van der Waals surface area contributed by atoms with Crippen molar-refractivity contribution < 1.29 is 0 Å². The SMILES string of the molecule is C1=Cc2cc3ccc(cc4ccc5c(n4)c4nc(ccc4c4nc6c7ccc8cc9ccc(cc%10nc(cc%11ccc(c(n%11)c7n8)c6nc54)C=C%10)[nH]9)cc1n2)[nH]3. The van der Waals surface area contributed by atoms with Crippen LogP contribution in [0.1, 0.15) is 22.8 Å². The summed E-state index contributed by atoms with van der Waals surface area (Å²) in [4.78, 5) is 48.4. The van der Waals surface area contributed by atoms with E-state index in [0.29, 0.717) is 0 Å². The molecule has 0 amide bonds. The Morgan fingerprint density at radius 2 is 0.536 bits per heavy atom. The second kappa shape index (κ2) is 10.8. The largest absolute Gasteiger partial charge is 0.355 e. The third kappa shape index (κ3) is 4.50. The van der Waals surface area contributed by atoms with Crippen molar-refractivity contribution in [2.45, 2.75) is 0 Å². The summed E-state index contributed by atoms with van der Waals surface area (Å²) in [5.74, 6) is 0. The smallest absolute Gasteiger partial charge is 0.0996 e. The highest BCUT2D eigenvalue weighted by Crippen LogP contribution is 2.38. The topological polar surface area (TPSA) is 135 Å². The molecule has 11 aromatic rings. The van der Waals surface area contributed by atoms with Gasteiger partial charge in [-0.25, -0.2) is 39.9 Å². The zero-order valence-electron chi connectivity index (χ0n) is 29.3. The molecular weight excluding hydrogens is 693 g/mol. The van der Waals surface area contributed by atoms with Crippen LogP contribution in [0.4, 0.5) is 0 Å². The van der Waals surface area contributed by atoms with E-state index in [1.165, 1.54) is 0 Å². The molecule has 2 N–H and O–H groups in total. The van der Waals surface area contributed by atoms with Crippen molar-refractivity contribution in [3.63, 3.8) is 0 Å². The molecule has 10 heteroatoms. The van der Waals surface area contributed by atoms with Crippen molar-refractivity contribution in [2.75, 3.05) is 0 Å². The predicted octanol–water partition coefficient (Wildman–Crippen LogP) is 10.3. The summed E-state index contributed by atoms with van der Waals surface area (Å²) in [6.45, 7) is 0. The molecule has 0 saturated carbocycles. The third-order valence-corrected chi connectivity index (χ3v) is 10.7. The average Bonchev–Trinajstić information content (AvgIpc) is 4.04. The average molecular weight is 717 g/mol. The van der Waals surface area contributed by atoms with Gasteiger partial charge in [-0.1, -0.05) is 0 Å². The number of nitrogens with one attached hydrogen (secondary N) is 2. The fraction of sp³-hybridized carbons (Fsp3) is 0. The highest BCUT2D eigenvalue weighted by atomic mass is 14.9.